The SMILES string of the molecule is C=CCOc1ccccc1C(=O)n1nc(C)c(CCCC)c1C. The van der Waals surface area contributed by atoms with Crippen LogP contribution in [0, 0.1) is 13.8 Å². The molecule has 2 rings (SSSR count). The first-order valence-corrected chi connectivity index (χ1v) is 8.02. The van der Waals surface area contributed by atoms with Crippen LogP contribution in [0.25, 0.3) is 0 Å². The Morgan fingerprint density at radius 1 is 1.35 bits per heavy atom. The molecule has 1 aromatic carbocycles. The first-order chi connectivity index (χ1) is 11.1. The Hall–Kier alpha value is -2.36. The second kappa shape index (κ2) is 7.77. The molecule has 0 aliphatic heterocycles. The first-order valence-electron chi connectivity index (χ1n) is 8.02. The smallest absolute Gasteiger partial charge is 0.282 e. The lowest BCUT2D eigenvalue weighted by Crippen LogP contribution is -2.17. The normalized spacial score (nSPS) is 10.6. The van der Waals surface area contributed by atoms with Gasteiger partial charge in [-0.3, -0.25) is 4.79 Å². The molecule has 122 valence electrons. The Morgan fingerprint density at radius 2 is 2.09 bits per heavy atom. The van der Waals surface area contributed by atoms with Crippen LogP contribution in [0.5, 0.6) is 5.75 Å². The zero-order chi connectivity index (χ0) is 16.8. The highest BCUT2D eigenvalue weighted by atomic mass is 16.5. The minimum absolute atomic E-state index is 0.159. The van der Waals surface area contributed by atoms with Crippen LogP contribution in [-0.2, 0) is 6.42 Å². The van der Waals surface area contributed by atoms with E-state index in [0.29, 0.717) is 17.9 Å². The molecule has 0 amide bonds. The van der Waals surface area contributed by atoms with Crippen LogP contribution in [0.3, 0.4) is 0 Å². The van der Waals surface area contributed by atoms with Crippen molar-refractivity contribution in [3.05, 3.63) is 59.4 Å². The molecule has 0 radical (unpaired) electrons. The van der Waals surface area contributed by atoms with E-state index in [1.807, 2.05) is 26.0 Å². The van der Waals surface area contributed by atoms with Gasteiger partial charge in [-0.2, -0.15) is 5.10 Å². The highest BCUT2D eigenvalue weighted by Crippen LogP contribution is 2.22. The summed E-state index contributed by atoms with van der Waals surface area (Å²) in [7, 11) is 0. The summed E-state index contributed by atoms with van der Waals surface area (Å²) in [6, 6.07) is 7.24. The number of unbranched alkanes of at least 4 members (excludes halogenated alkanes) is 1. The van der Waals surface area contributed by atoms with Crippen molar-refractivity contribution < 1.29 is 9.53 Å². The van der Waals surface area contributed by atoms with Gasteiger partial charge in [0.05, 0.1) is 11.3 Å². The van der Waals surface area contributed by atoms with Crippen molar-refractivity contribution in [2.24, 2.45) is 0 Å². The third-order valence-electron chi connectivity index (χ3n) is 3.89. The number of ether oxygens (including phenoxy) is 1. The van der Waals surface area contributed by atoms with Crippen LogP contribution >= 0.6 is 0 Å². The topological polar surface area (TPSA) is 44.1 Å². The molecule has 0 bridgehead atoms. The maximum absolute atomic E-state index is 12.9. The predicted octanol–water partition coefficient (Wildman–Crippen LogP) is 4.10. The van der Waals surface area contributed by atoms with E-state index in [4.69, 9.17) is 4.74 Å². The fraction of sp³-hybridized carbons (Fsp3) is 0.368. The minimum Gasteiger partial charge on any atom is -0.489 e. The quantitative estimate of drug-likeness (QED) is 0.723. The number of hydrogen-bond donors (Lipinski definition) is 0. The molecule has 0 saturated heterocycles. The number of carbonyl (C=O) groups is 1. The maximum atomic E-state index is 12.9. The van der Waals surface area contributed by atoms with E-state index in [1.165, 1.54) is 10.2 Å². The number of para-hydroxylation sites is 1. The number of benzene rings is 1. The Labute approximate surface area is 137 Å². The van der Waals surface area contributed by atoms with Crippen LogP contribution in [-0.4, -0.2) is 22.3 Å². The molecule has 23 heavy (non-hydrogen) atoms. The molecule has 0 aliphatic carbocycles. The molecule has 0 spiro atoms. The monoisotopic (exact) mass is 312 g/mol. The molecule has 1 heterocycles. The van der Waals surface area contributed by atoms with Gasteiger partial charge in [-0.15, -0.1) is 0 Å². The van der Waals surface area contributed by atoms with Crippen LogP contribution in [0.4, 0.5) is 0 Å². The van der Waals surface area contributed by atoms with Crippen LogP contribution in [0.15, 0.2) is 36.9 Å². The lowest BCUT2D eigenvalue weighted by Gasteiger charge is -2.10. The van der Waals surface area contributed by atoms with Crippen molar-refractivity contribution in [3.8, 4) is 5.75 Å². The van der Waals surface area contributed by atoms with E-state index in [9.17, 15) is 4.79 Å². The molecule has 0 N–H and O–H groups in total. The number of rotatable bonds is 7. The van der Waals surface area contributed by atoms with Crippen molar-refractivity contribution >= 4 is 5.91 Å². The highest BCUT2D eigenvalue weighted by Gasteiger charge is 2.20. The van der Waals surface area contributed by atoms with Gasteiger partial charge in [0.15, 0.2) is 0 Å². The lowest BCUT2D eigenvalue weighted by molar-refractivity contribution is 0.0938. The molecule has 0 atom stereocenters. The van der Waals surface area contributed by atoms with Gasteiger partial charge in [0.25, 0.3) is 5.91 Å². The van der Waals surface area contributed by atoms with E-state index in [1.54, 1.807) is 18.2 Å². The molecule has 0 unspecified atom stereocenters. The maximum Gasteiger partial charge on any atom is 0.282 e. The van der Waals surface area contributed by atoms with Gasteiger partial charge in [0, 0.05) is 5.69 Å². The first kappa shape index (κ1) is 17.0. The summed E-state index contributed by atoms with van der Waals surface area (Å²) in [4.78, 5) is 12.9. The summed E-state index contributed by atoms with van der Waals surface area (Å²) >= 11 is 0. The van der Waals surface area contributed by atoms with Crippen molar-refractivity contribution in [1.82, 2.24) is 9.78 Å². The van der Waals surface area contributed by atoms with Crippen molar-refractivity contribution in [1.29, 1.82) is 0 Å². The zero-order valence-electron chi connectivity index (χ0n) is 14.1. The Morgan fingerprint density at radius 3 is 2.78 bits per heavy atom. The van der Waals surface area contributed by atoms with Crippen LogP contribution < -0.4 is 4.74 Å². The second-order valence-electron chi connectivity index (χ2n) is 5.57. The van der Waals surface area contributed by atoms with E-state index in [-0.39, 0.29) is 5.91 Å². The fourth-order valence-electron chi connectivity index (χ4n) is 2.62. The molecule has 0 fully saturated rings. The molecular formula is C19H24N2O2. The number of nitrogens with zero attached hydrogens (tertiary/aromatic N) is 2. The number of carbonyl (C=O) groups excluding carboxylic acids is 1. The number of hydrogen-bond acceptors (Lipinski definition) is 3. The molecule has 0 saturated carbocycles. The Kier molecular flexibility index (Phi) is 5.74. The summed E-state index contributed by atoms with van der Waals surface area (Å²) in [6.07, 6.45) is 4.83. The third-order valence-corrected chi connectivity index (χ3v) is 3.89. The predicted molar refractivity (Wildman–Crippen MR) is 92.2 cm³/mol. The highest BCUT2D eigenvalue weighted by molar-refractivity contribution is 5.98. The summed E-state index contributed by atoms with van der Waals surface area (Å²) in [6.45, 7) is 10.1. The number of aromatic nitrogens is 2. The standard InChI is InChI=1S/C19H24N2O2/c1-5-7-10-16-14(3)20-21(15(16)4)19(22)17-11-8-9-12-18(17)23-13-6-2/h6,8-9,11-12H,2,5,7,10,13H2,1,3-4H3. The van der Waals surface area contributed by atoms with Gasteiger partial charge < -0.3 is 4.74 Å². The Bertz CT molecular complexity index is 701. The van der Waals surface area contributed by atoms with E-state index in [2.05, 4.69) is 18.6 Å². The molecule has 2 aromatic rings. The third kappa shape index (κ3) is 3.70. The molecule has 4 heteroatoms. The summed E-state index contributed by atoms with van der Waals surface area (Å²) in [5.74, 6) is 0.396. The van der Waals surface area contributed by atoms with Crippen molar-refractivity contribution in [2.75, 3.05) is 6.61 Å². The van der Waals surface area contributed by atoms with Gasteiger partial charge in [0.2, 0.25) is 0 Å². The van der Waals surface area contributed by atoms with Gasteiger partial charge in [-0.1, -0.05) is 38.1 Å². The van der Waals surface area contributed by atoms with Gasteiger partial charge in [-0.25, -0.2) is 4.68 Å². The molecular weight excluding hydrogens is 288 g/mol. The van der Waals surface area contributed by atoms with Crippen LogP contribution in [0.1, 0.15) is 47.1 Å². The van der Waals surface area contributed by atoms with Gasteiger partial charge in [-0.05, 0) is 44.4 Å². The number of aryl methyl sites for hydroxylation is 1. The van der Waals surface area contributed by atoms with Crippen LogP contribution in [0.2, 0.25) is 0 Å². The summed E-state index contributed by atoms with van der Waals surface area (Å²) < 4.78 is 7.09. The summed E-state index contributed by atoms with van der Waals surface area (Å²) in [5.41, 5.74) is 3.53. The average Bonchev–Trinajstić information content (AvgIpc) is 2.85. The van der Waals surface area contributed by atoms with E-state index >= 15 is 0 Å². The van der Waals surface area contributed by atoms with E-state index in [0.717, 1.165) is 30.7 Å². The largest absolute Gasteiger partial charge is 0.489 e. The molecule has 0 aliphatic rings. The Balaban J connectivity index is 2.36. The lowest BCUT2D eigenvalue weighted by atomic mass is 10.1. The minimum atomic E-state index is -0.159. The zero-order valence-corrected chi connectivity index (χ0v) is 14.1. The molecule has 4 nitrogen and oxygen atoms in total. The van der Waals surface area contributed by atoms with Crippen molar-refractivity contribution in [2.45, 2.75) is 40.0 Å². The van der Waals surface area contributed by atoms with Gasteiger partial charge >= 0.3 is 0 Å². The summed E-state index contributed by atoms with van der Waals surface area (Å²) in [5, 5.41) is 4.45. The van der Waals surface area contributed by atoms with Crippen molar-refractivity contribution in [3.63, 3.8) is 0 Å². The van der Waals surface area contributed by atoms with E-state index < -0.39 is 0 Å². The fourth-order valence-corrected chi connectivity index (χ4v) is 2.62. The average molecular weight is 312 g/mol. The second-order valence-corrected chi connectivity index (χ2v) is 5.57. The molecule has 1 aromatic heterocycles. The van der Waals surface area contributed by atoms with Gasteiger partial charge in [0.1, 0.15) is 12.4 Å².